The first-order valence-electron chi connectivity index (χ1n) is 5.86. The van der Waals surface area contributed by atoms with Crippen LogP contribution in [-0.4, -0.2) is 17.6 Å². The molecular formula is C12H18BrN3. The molecular weight excluding hydrogens is 266 g/mol. The SMILES string of the molecule is NCC(NC1CCCC1)c1cncc(Br)c1. The number of hydrogen-bond acceptors (Lipinski definition) is 3. The van der Waals surface area contributed by atoms with Crippen molar-refractivity contribution in [3.63, 3.8) is 0 Å². The lowest BCUT2D eigenvalue weighted by atomic mass is 10.1. The van der Waals surface area contributed by atoms with Gasteiger partial charge in [-0.1, -0.05) is 12.8 Å². The molecule has 0 aromatic carbocycles. The predicted molar refractivity (Wildman–Crippen MR) is 69.1 cm³/mol. The van der Waals surface area contributed by atoms with Gasteiger partial charge in [0.25, 0.3) is 0 Å². The van der Waals surface area contributed by atoms with E-state index >= 15 is 0 Å². The van der Waals surface area contributed by atoms with E-state index in [0.29, 0.717) is 12.6 Å². The largest absolute Gasteiger partial charge is 0.329 e. The summed E-state index contributed by atoms with van der Waals surface area (Å²) in [4.78, 5) is 4.19. The molecule has 0 aliphatic heterocycles. The van der Waals surface area contributed by atoms with Crippen LogP contribution in [0.15, 0.2) is 22.9 Å². The lowest BCUT2D eigenvalue weighted by molar-refractivity contribution is 0.444. The second kappa shape index (κ2) is 5.75. The van der Waals surface area contributed by atoms with E-state index in [-0.39, 0.29) is 6.04 Å². The van der Waals surface area contributed by atoms with Crippen LogP contribution in [0.5, 0.6) is 0 Å². The first-order chi connectivity index (χ1) is 7.79. The van der Waals surface area contributed by atoms with Crippen molar-refractivity contribution in [1.29, 1.82) is 0 Å². The molecule has 1 aliphatic rings. The Morgan fingerprint density at radius 1 is 1.44 bits per heavy atom. The molecule has 1 fully saturated rings. The zero-order valence-electron chi connectivity index (χ0n) is 9.32. The van der Waals surface area contributed by atoms with Gasteiger partial charge in [0.05, 0.1) is 0 Å². The minimum Gasteiger partial charge on any atom is -0.329 e. The van der Waals surface area contributed by atoms with Gasteiger partial charge in [-0.15, -0.1) is 0 Å². The van der Waals surface area contributed by atoms with Gasteiger partial charge >= 0.3 is 0 Å². The van der Waals surface area contributed by atoms with Crippen molar-refractivity contribution in [2.24, 2.45) is 5.73 Å². The summed E-state index contributed by atoms with van der Waals surface area (Å²) in [6.07, 6.45) is 8.92. The average Bonchev–Trinajstić information content (AvgIpc) is 2.78. The van der Waals surface area contributed by atoms with Crippen LogP contribution < -0.4 is 11.1 Å². The number of rotatable bonds is 4. The van der Waals surface area contributed by atoms with Crippen molar-refractivity contribution in [2.75, 3.05) is 6.54 Å². The summed E-state index contributed by atoms with van der Waals surface area (Å²) in [6.45, 7) is 0.620. The summed E-state index contributed by atoms with van der Waals surface area (Å²) in [5.74, 6) is 0. The lowest BCUT2D eigenvalue weighted by Crippen LogP contribution is -2.35. The van der Waals surface area contributed by atoms with Crippen LogP contribution in [0.2, 0.25) is 0 Å². The van der Waals surface area contributed by atoms with Gasteiger partial charge in [-0.3, -0.25) is 4.98 Å². The van der Waals surface area contributed by atoms with Crippen molar-refractivity contribution in [3.8, 4) is 0 Å². The highest BCUT2D eigenvalue weighted by atomic mass is 79.9. The Balaban J connectivity index is 2.03. The summed E-state index contributed by atoms with van der Waals surface area (Å²) in [5, 5.41) is 3.62. The van der Waals surface area contributed by atoms with E-state index in [9.17, 15) is 0 Å². The van der Waals surface area contributed by atoms with Gasteiger partial charge in [0, 0.05) is 35.5 Å². The van der Waals surface area contributed by atoms with Gasteiger partial charge in [0.15, 0.2) is 0 Å². The molecule has 1 aromatic rings. The number of nitrogens with one attached hydrogen (secondary N) is 1. The molecule has 1 saturated carbocycles. The molecule has 4 heteroatoms. The molecule has 1 unspecified atom stereocenters. The normalized spacial score (nSPS) is 18.9. The second-order valence-electron chi connectivity index (χ2n) is 4.37. The Hall–Kier alpha value is -0.450. The molecule has 1 atom stereocenters. The van der Waals surface area contributed by atoms with Gasteiger partial charge < -0.3 is 11.1 Å². The third-order valence-electron chi connectivity index (χ3n) is 3.16. The fourth-order valence-corrected chi connectivity index (χ4v) is 2.68. The molecule has 3 nitrogen and oxygen atoms in total. The van der Waals surface area contributed by atoms with E-state index in [2.05, 4.69) is 32.3 Å². The van der Waals surface area contributed by atoms with Gasteiger partial charge in [-0.25, -0.2) is 0 Å². The highest BCUT2D eigenvalue weighted by Gasteiger charge is 2.19. The topological polar surface area (TPSA) is 50.9 Å². The zero-order valence-corrected chi connectivity index (χ0v) is 10.9. The van der Waals surface area contributed by atoms with Crippen molar-refractivity contribution in [1.82, 2.24) is 10.3 Å². The average molecular weight is 284 g/mol. The van der Waals surface area contributed by atoms with E-state index in [1.54, 1.807) is 6.20 Å². The first-order valence-corrected chi connectivity index (χ1v) is 6.65. The van der Waals surface area contributed by atoms with E-state index in [0.717, 1.165) is 4.47 Å². The lowest BCUT2D eigenvalue weighted by Gasteiger charge is -2.21. The molecule has 3 N–H and O–H groups in total. The summed E-state index contributed by atoms with van der Waals surface area (Å²) in [5.41, 5.74) is 7.00. The van der Waals surface area contributed by atoms with Crippen LogP contribution in [0.1, 0.15) is 37.3 Å². The summed E-state index contributed by atoms with van der Waals surface area (Å²) >= 11 is 3.44. The molecule has 2 rings (SSSR count). The Bertz CT molecular complexity index is 337. The molecule has 0 amide bonds. The molecule has 0 radical (unpaired) electrons. The van der Waals surface area contributed by atoms with Crippen LogP contribution in [-0.2, 0) is 0 Å². The van der Waals surface area contributed by atoms with Crippen molar-refractivity contribution < 1.29 is 0 Å². The number of hydrogen-bond donors (Lipinski definition) is 2. The van der Waals surface area contributed by atoms with E-state index in [4.69, 9.17) is 5.73 Å². The fraction of sp³-hybridized carbons (Fsp3) is 0.583. The fourth-order valence-electron chi connectivity index (χ4n) is 2.30. The number of aromatic nitrogens is 1. The minimum atomic E-state index is 0.230. The maximum Gasteiger partial charge on any atom is 0.0462 e. The van der Waals surface area contributed by atoms with Crippen LogP contribution in [0.4, 0.5) is 0 Å². The smallest absolute Gasteiger partial charge is 0.0462 e. The molecule has 0 spiro atoms. The van der Waals surface area contributed by atoms with Gasteiger partial charge in [-0.05, 0) is 40.4 Å². The molecule has 0 bridgehead atoms. The Morgan fingerprint density at radius 3 is 2.81 bits per heavy atom. The summed E-state index contributed by atoms with van der Waals surface area (Å²) in [7, 11) is 0. The maximum atomic E-state index is 5.83. The van der Waals surface area contributed by atoms with Gasteiger partial charge in [0.1, 0.15) is 0 Å². The number of nitrogens with two attached hydrogens (primary N) is 1. The molecule has 1 aromatic heterocycles. The molecule has 16 heavy (non-hydrogen) atoms. The number of nitrogens with zero attached hydrogens (tertiary/aromatic N) is 1. The highest BCUT2D eigenvalue weighted by molar-refractivity contribution is 9.10. The Labute approximate surface area is 105 Å². The van der Waals surface area contributed by atoms with E-state index < -0.39 is 0 Å². The summed E-state index contributed by atoms with van der Waals surface area (Å²) in [6, 6.07) is 2.95. The molecule has 88 valence electrons. The van der Waals surface area contributed by atoms with Crippen LogP contribution in [0.3, 0.4) is 0 Å². The summed E-state index contributed by atoms with van der Waals surface area (Å²) < 4.78 is 1.01. The molecule has 1 aliphatic carbocycles. The molecule has 1 heterocycles. The molecule has 0 saturated heterocycles. The monoisotopic (exact) mass is 283 g/mol. The van der Waals surface area contributed by atoms with Crippen molar-refractivity contribution in [3.05, 3.63) is 28.5 Å². The van der Waals surface area contributed by atoms with Crippen molar-refractivity contribution in [2.45, 2.75) is 37.8 Å². The van der Waals surface area contributed by atoms with Crippen molar-refractivity contribution >= 4 is 15.9 Å². The van der Waals surface area contributed by atoms with Crippen LogP contribution in [0.25, 0.3) is 0 Å². The Morgan fingerprint density at radius 2 is 2.19 bits per heavy atom. The number of halogens is 1. The second-order valence-corrected chi connectivity index (χ2v) is 5.29. The van der Waals surface area contributed by atoms with E-state index in [1.165, 1.54) is 31.2 Å². The number of pyridine rings is 1. The standard InChI is InChI=1S/C12H18BrN3/c13-10-5-9(7-15-8-10)12(6-14)16-11-3-1-2-4-11/h5,7-8,11-12,16H,1-4,6,14H2. The van der Waals surface area contributed by atoms with Gasteiger partial charge in [0.2, 0.25) is 0 Å². The van der Waals surface area contributed by atoms with Crippen LogP contribution in [0, 0.1) is 0 Å². The quantitative estimate of drug-likeness (QED) is 0.892. The maximum absolute atomic E-state index is 5.83. The minimum absolute atomic E-state index is 0.230. The first kappa shape index (κ1) is 12.0. The third kappa shape index (κ3) is 3.03. The predicted octanol–water partition coefficient (Wildman–Crippen LogP) is 2.38. The van der Waals surface area contributed by atoms with E-state index in [1.807, 2.05) is 6.20 Å². The van der Waals surface area contributed by atoms with Gasteiger partial charge in [-0.2, -0.15) is 0 Å². The third-order valence-corrected chi connectivity index (χ3v) is 3.59. The Kier molecular flexibility index (Phi) is 4.32. The van der Waals surface area contributed by atoms with Crippen LogP contribution >= 0.6 is 15.9 Å². The zero-order chi connectivity index (χ0) is 11.4. The highest BCUT2D eigenvalue weighted by Crippen LogP contribution is 2.22.